The number of aromatic nitrogens is 2. The number of thiazole rings is 1. The average Bonchev–Trinajstić information content (AvgIpc) is 3.28. The molecular weight excluding hydrogens is 350 g/mol. The van der Waals surface area contributed by atoms with E-state index in [1.807, 2.05) is 29.8 Å². The molecule has 0 radical (unpaired) electrons. The van der Waals surface area contributed by atoms with Gasteiger partial charge in [0.1, 0.15) is 15.7 Å². The van der Waals surface area contributed by atoms with Crippen LogP contribution in [0.1, 0.15) is 5.56 Å². The smallest absolute Gasteiger partial charge is 0.125 e. The zero-order chi connectivity index (χ0) is 17.2. The van der Waals surface area contributed by atoms with Crippen molar-refractivity contribution in [3.63, 3.8) is 0 Å². The topological polar surface area (TPSA) is 50.1 Å². The standard InChI is InChI=1S/C19H15N3OS2/c23-17-8-4-2-6-14(17)18(24)21-12-22-11-15(19-20-9-10-25-19)13-5-1-3-7-16(13)22/h1-11,23H,12H2,(H,21,24). The van der Waals surface area contributed by atoms with Crippen LogP contribution in [0.25, 0.3) is 21.5 Å². The van der Waals surface area contributed by atoms with Crippen molar-refractivity contribution in [1.82, 2.24) is 14.9 Å². The summed E-state index contributed by atoms with van der Waals surface area (Å²) < 4.78 is 2.11. The van der Waals surface area contributed by atoms with Crippen LogP contribution in [0, 0.1) is 0 Å². The zero-order valence-electron chi connectivity index (χ0n) is 13.2. The Morgan fingerprint density at radius 1 is 1.16 bits per heavy atom. The monoisotopic (exact) mass is 365 g/mol. The number of thiocarbonyl (C=S) groups is 1. The fourth-order valence-electron chi connectivity index (χ4n) is 2.82. The van der Waals surface area contributed by atoms with Gasteiger partial charge in [-0.05, 0) is 18.2 Å². The van der Waals surface area contributed by atoms with Gasteiger partial charge in [-0.1, -0.05) is 42.5 Å². The van der Waals surface area contributed by atoms with Crippen molar-refractivity contribution in [3.05, 3.63) is 71.9 Å². The van der Waals surface area contributed by atoms with Gasteiger partial charge < -0.3 is 15.0 Å². The van der Waals surface area contributed by atoms with Gasteiger partial charge in [-0.2, -0.15) is 0 Å². The minimum atomic E-state index is 0.181. The zero-order valence-corrected chi connectivity index (χ0v) is 14.8. The van der Waals surface area contributed by atoms with Gasteiger partial charge in [-0.15, -0.1) is 11.3 Å². The van der Waals surface area contributed by atoms with Crippen LogP contribution in [0.5, 0.6) is 5.75 Å². The Bertz CT molecular complexity index is 1040. The molecule has 0 bridgehead atoms. The van der Waals surface area contributed by atoms with Crippen LogP contribution in [0.3, 0.4) is 0 Å². The number of nitrogens with zero attached hydrogens (tertiary/aromatic N) is 2. The van der Waals surface area contributed by atoms with Crippen LogP contribution in [0.2, 0.25) is 0 Å². The van der Waals surface area contributed by atoms with Crippen molar-refractivity contribution in [3.8, 4) is 16.3 Å². The Morgan fingerprint density at radius 2 is 1.96 bits per heavy atom. The summed E-state index contributed by atoms with van der Waals surface area (Å²) in [5.74, 6) is 0.181. The van der Waals surface area contributed by atoms with E-state index < -0.39 is 0 Å². The molecule has 4 aromatic rings. The number of nitrogens with one attached hydrogen (secondary N) is 1. The molecule has 0 aliphatic carbocycles. The van der Waals surface area contributed by atoms with Gasteiger partial charge in [0.05, 0.1) is 17.7 Å². The van der Waals surface area contributed by atoms with E-state index in [-0.39, 0.29) is 5.75 Å². The lowest BCUT2D eigenvalue weighted by Crippen LogP contribution is -2.24. The number of hydrogen-bond donors (Lipinski definition) is 2. The fourth-order valence-corrected chi connectivity index (χ4v) is 3.72. The van der Waals surface area contributed by atoms with Crippen LogP contribution in [0.4, 0.5) is 0 Å². The van der Waals surface area contributed by atoms with Crippen LogP contribution in [-0.2, 0) is 6.67 Å². The predicted molar refractivity (Wildman–Crippen MR) is 106 cm³/mol. The number of phenolic OH excluding ortho intramolecular Hbond substituents is 1. The second-order valence-corrected chi connectivity index (χ2v) is 6.85. The maximum Gasteiger partial charge on any atom is 0.125 e. The summed E-state index contributed by atoms with van der Waals surface area (Å²) in [6, 6.07) is 15.3. The van der Waals surface area contributed by atoms with Crippen LogP contribution in [-0.4, -0.2) is 19.6 Å². The van der Waals surface area contributed by atoms with E-state index in [2.05, 4.69) is 33.2 Å². The molecule has 0 spiro atoms. The number of para-hydroxylation sites is 2. The average molecular weight is 365 g/mol. The summed E-state index contributed by atoms with van der Waals surface area (Å²) in [4.78, 5) is 4.95. The third-order valence-electron chi connectivity index (χ3n) is 4.01. The highest BCUT2D eigenvalue weighted by atomic mass is 32.1. The lowest BCUT2D eigenvalue weighted by atomic mass is 10.2. The summed E-state index contributed by atoms with van der Waals surface area (Å²) in [6.07, 6.45) is 3.90. The van der Waals surface area contributed by atoms with Crippen molar-refractivity contribution in [1.29, 1.82) is 0 Å². The molecule has 6 heteroatoms. The first-order valence-electron chi connectivity index (χ1n) is 7.78. The molecule has 2 aromatic carbocycles. The first-order valence-corrected chi connectivity index (χ1v) is 9.07. The van der Waals surface area contributed by atoms with Crippen LogP contribution in [0.15, 0.2) is 66.3 Å². The van der Waals surface area contributed by atoms with Crippen molar-refractivity contribution in [2.24, 2.45) is 0 Å². The van der Waals surface area contributed by atoms with E-state index in [1.54, 1.807) is 29.5 Å². The number of benzene rings is 2. The van der Waals surface area contributed by atoms with Gasteiger partial charge >= 0.3 is 0 Å². The summed E-state index contributed by atoms with van der Waals surface area (Å²) >= 11 is 7.05. The molecule has 0 unspecified atom stereocenters. The highest BCUT2D eigenvalue weighted by molar-refractivity contribution is 7.80. The van der Waals surface area contributed by atoms with E-state index in [9.17, 15) is 5.11 Å². The van der Waals surface area contributed by atoms with Crippen molar-refractivity contribution in [2.45, 2.75) is 6.67 Å². The molecule has 0 atom stereocenters. The molecule has 2 aromatic heterocycles. The molecule has 25 heavy (non-hydrogen) atoms. The molecule has 124 valence electrons. The second-order valence-electron chi connectivity index (χ2n) is 5.55. The van der Waals surface area contributed by atoms with Gasteiger partial charge in [0.2, 0.25) is 0 Å². The van der Waals surface area contributed by atoms with Gasteiger partial charge in [0, 0.05) is 28.7 Å². The summed E-state index contributed by atoms with van der Waals surface area (Å²) in [6.45, 7) is 0.513. The molecule has 0 saturated carbocycles. The molecule has 0 aliphatic heterocycles. The molecule has 2 N–H and O–H groups in total. The minimum absolute atomic E-state index is 0.181. The number of hydrogen-bond acceptors (Lipinski definition) is 4. The summed E-state index contributed by atoms with van der Waals surface area (Å²) in [5.41, 5.74) is 2.86. The summed E-state index contributed by atoms with van der Waals surface area (Å²) in [7, 11) is 0. The van der Waals surface area contributed by atoms with E-state index in [0.717, 1.165) is 21.5 Å². The fraction of sp³-hybridized carbons (Fsp3) is 0.0526. The Kier molecular flexibility index (Phi) is 4.21. The Hall–Kier alpha value is -2.70. The van der Waals surface area contributed by atoms with E-state index in [1.165, 1.54) is 0 Å². The molecule has 0 amide bonds. The Balaban J connectivity index is 1.64. The number of rotatable bonds is 4. The molecule has 4 rings (SSSR count). The molecule has 0 fully saturated rings. The van der Waals surface area contributed by atoms with Crippen LogP contribution >= 0.6 is 23.6 Å². The molecule has 4 nitrogen and oxygen atoms in total. The molecule has 0 aliphatic rings. The normalized spacial score (nSPS) is 10.9. The maximum absolute atomic E-state index is 9.94. The number of fused-ring (bicyclic) bond motifs is 1. The highest BCUT2D eigenvalue weighted by Crippen LogP contribution is 2.31. The van der Waals surface area contributed by atoms with E-state index >= 15 is 0 Å². The third-order valence-corrected chi connectivity index (χ3v) is 5.18. The van der Waals surface area contributed by atoms with E-state index in [0.29, 0.717) is 17.2 Å². The van der Waals surface area contributed by atoms with Crippen LogP contribution < -0.4 is 5.32 Å². The van der Waals surface area contributed by atoms with Crippen molar-refractivity contribution >= 4 is 39.4 Å². The molecule has 0 saturated heterocycles. The molecular formula is C19H15N3OS2. The first-order chi connectivity index (χ1) is 12.2. The van der Waals surface area contributed by atoms with Crippen molar-refractivity contribution < 1.29 is 5.11 Å². The second kappa shape index (κ2) is 6.66. The highest BCUT2D eigenvalue weighted by Gasteiger charge is 2.12. The largest absolute Gasteiger partial charge is 0.507 e. The van der Waals surface area contributed by atoms with Gasteiger partial charge in [0.25, 0.3) is 0 Å². The van der Waals surface area contributed by atoms with Gasteiger partial charge in [-0.25, -0.2) is 4.98 Å². The first kappa shape index (κ1) is 15.8. The Morgan fingerprint density at radius 3 is 2.76 bits per heavy atom. The SMILES string of the molecule is Oc1ccccc1C(=S)NCn1cc(-c2nccs2)c2ccccc21. The predicted octanol–water partition coefficient (Wildman–Crippen LogP) is 4.39. The third kappa shape index (κ3) is 3.01. The van der Waals surface area contributed by atoms with Gasteiger partial charge in [0.15, 0.2) is 0 Å². The molecule has 2 heterocycles. The quantitative estimate of drug-likeness (QED) is 0.527. The van der Waals surface area contributed by atoms with E-state index in [4.69, 9.17) is 12.2 Å². The maximum atomic E-state index is 9.94. The lowest BCUT2D eigenvalue weighted by Gasteiger charge is -2.11. The number of phenols is 1. The summed E-state index contributed by atoms with van der Waals surface area (Å²) in [5, 5.41) is 17.3. The Labute approximate surface area is 154 Å². The number of aromatic hydroxyl groups is 1. The van der Waals surface area contributed by atoms with Crippen molar-refractivity contribution in [2.75, 3.05) is 0 Å². The lowest BCUT2D eigenvalue weighted by molar-refractivity contribution is 0.474. The minimum Gasteiger partial charge on any atom is -0.507 e. The van der Waals surface area contributed by atoms with Gasteiger partial charge in [-0.3, -0.25) is 0 Å².